The first-order valence-electron chi connectivity index (χ1n) is 6.84. The molecular weight excluding hydrogens is 302 g/mol. The van der Waals surface area contributed by atoms with Crippen LogP contribution in [-0.4, -0.2) is 15.5 Å². The molecule has 0 radical (unpaired) electrons. The molecule has 0 bridgehead atoms. The lowest BCUT2D eigenvalue weighted by Gasteiger charge is -2.21. The quantitative estimate of drug-likeness (QED) is 0.843. The molecule has 2 rings (SSSR count). The van der Waals surface area contributed by atoms with Gasteiger partial charge in [-0.25, -0.2) is 9.97 Å². The third kappa shape index (κ3) is 5.30. The maximum atomic E-state index is 6.13. The van der Waals surface area contributed by atoms with Gasteiger partial charge < -0.3 is 5.32 Å². The van der Waals surface area contributed by atoms with Crippen molar-refractivity contribution in [3.63, 3.8) is 0 Å². The molecule has 21 heavy (non-hydrogen) atoms. The molecular formula is C16H20ClN3S. The van der Waals surface area contributed by atoms with Crippen molar-refractivity contribution in [1.29, 1.82) is 0 Å². The second-order valence-corrected chi connectivity index (χ2v) is 7.38. The molecule has 0 unspecified atom stereocenters. The first-order valence-corrected chi connectivity index (χ1v) is 8.04. The zero-order chi connectivity index (χ0) is 15.5. The molecule has 0 amide bonds. The van der Waals surface area contributed by atoms with Crippen LogP contribution in [0, 0.1) is 6.92 Å². The van der Waals surface area contributed by atoms with Crippen LogP contribution in [-0.2, 0) is 6.54 Å². The number of aryl methyl sites for hydroxylation is 1. The summed E-state index contributed by atoms with van der Waals surface area (Å²) in [5.41, 5.74) is 2.23. The standard InChI is InChI=1S/C16H20ClN3S/c1-11-7-8-18-15(20-11)21-14-9-13(17)6-5-12(14)10-19-16(2,3)4/h5-9,19H,10H2,1-4H3. The zero-order valence-corrected chi connectivity index (χ0v) is 14.3. The highest BCUT2D eigenvalue weighted by Crippen LogP contribution is 2.30. The molecule has 0 aliphatic heterocycles. The molecule has 1 heterocycles. The molecule has 1 aromatic carbocycles. The van der Waals surface area contributed by atoms with Crippen molar-refractivity contribution >= 4 is 23.4 Å². The van der Waals surface area contributed by atoms with Gasteiger partial charge in [0.05, 0.1) is 0 Å². The van der Waals surface area contributed by atoms with Crippen molar-refractivity contribution < 1.29 is 0 Å². The summed E-state index contributed by atoms with van der Waals surface area (Å²) < 4.78 is 0. The Labute approximate surface area is 135 Å². The summed E-state index contributed by atoms with van der Waals surface area (Å²) in [6.45, 7) is 9.21. The molecule has 2 aromatic rings. The smallest absolute Gasteiger partial charge is 0.192 e. The van der Waals surface area contributed by atoms with Gasteiger partial charge in [-0.05, 0) is 63.2 Å². The number of hydrogen-bond donors (Lipinski definition) is 1. The molecule has 0 fully saturated rings. The lowest BCUT2D eigenvalue weighted by atomic mass is 10.1. The van der Waals surface area contributed by atoms with Crippen molar-refractivity contribution in [3.8, 4) is 0 Å². The Hall–Kier alpha value is -1.10. The largest absolute Gasteiger partial charge is 0.308 e. The Morgan fingerprint density at radius 3 is 2.67 bits per heavy atom. The van der Waals surface area contributed by atoms with Gasteiger partial charge in [0.2, 0.25) is 0 Å². The number of rotatable bonds is 4. The molecule has 1 aromatic heterocycles. The van der Waals surface area contributed by atoms with E-state index in [1.165, 1.54) is 5.56 Å². The highest BCUT2D eigenvalue weighted by Gasteiger charge is 2.12. The third-order valence-corrected chi connectivity index (χ3v) is 4.03. The van der Waals surface area contributed by atoms with Crippen LogP contribution in [0.15, 0.2) is 40.5 Å². The van der Waals surface area contributed by atoms with E-state index < -0.39 is 0 Å². The molecule has 3 nitrogen and oxygen atoms in total. The van der Waals surface area contributed by atoms with Gasteiger partial charge in [-0.2, -0.15) is 0 Å². The molecule has 112 valence electrons. The summed E-state index contributed by atoms with van der Waals surface area (Å²) in [5.74, 6) is 0. The highest BCUT2D eigenvalue weighted by atomic mass is 35.5. The summed E-state index contributed by atoms with van der Waals surface area (Å²) in [6, 6.07) is 7.84. The van der Waals surface area contributed by atoms with Crippen LogP contribution in [0.3, 0.4) is 0 Å². The SMILES string of the molecule is Cc1ccnc(Sc2cc(Cl)ccc2CNC(C)(C)C)n1. The van der Waals surface area contributed by atoms with Crippen molar-refractivity contribution in [3.05, 3.63) is 46.7 Å². The minimum Gasteiger partial charge on any atom is -0.308 e. The Kier molecular flexibility index (Phi) is 5.25. The molecule has 5 heteroatoms. The van der Waals surface area contributed by atoms with Crippen LogP contribution in [0.1, 0.15) is 32.0 Å². The molecule has 0 aliphatic carbocycles. The van der Waals surface area contributed by atoms with E-state index in [1.807, 2.05) is 25.1 Å². The van der Waals surface area contributed by atoms with Gasteiger partial charge >= 0.3 is 0 Å². The number of benzene rings is 1. The Balaban J connectivity index is 2.23. The van der Waals surface area contributed by atoms with E-state index in [9.17, 15) is 0 Å². The predicted octanol–water partition coefficient (Wildman–Crippen LogP) is 4.48. The zero-order valence-electron chi connectivity index (χ0n) is 12.8. The summed E-state index contributed by atoms with van der Waals surface area (Å²) >= 11 is 7.68. The Bertz CT molecular complexity index is 623. The van der Waals surface area contributed by atoms with E-state index in [-0.39, 0.29) is 5.54 Å². The molecule has 0 atom stereocenters. The van der Waals surface area contributed by atoms with Crippen molar-refractivity contribution in [2.24, 2.45) is 0 Å². The Morgan fingerprint density at radius 1 is 1.24 bits per heavy atom. The number of halogens is 1. The topological polar surface area (TPSA) is 37.8 Å². The number of aromatic nitrogens is 2. The minimum absolute atomic E-state index is 0.0708. The molecule has 1 N–H and O–H groups in total. The normalized spacial score (nSPS) is 11.7. The van der Waals surface area contributed by atoms with Crippen LogP contribution in [0.4, 0.5) is 0 Å². The average Bonchev–Trinajstić information content (AvgIpc) is 2.36. The molecule has 0 spiro atoms. The van der Waals surface area contributed by atoms with Gasteiger partial charge in [0, 0.05) is 33.9 Å². The summed E-state index contributed by atoms with van der Waals surface area (Å²) in [5, 5.41) is 4.97. The predicted molar refractivity (Wildman–Crippen MR) is 88.9 cm³/mol. The molecule has 0 saturated heterocycles. The monoisotopic (exact) mass is 321 g/mol. The van der Waals surface area contributed by atoms with E-state index in [1.54, 1.807) is 18.0 Å². The number of hydrogen-bond acceptors (Lipinski definition) is 4. The van der Waals surface area contributed by atoms with E-state index in [2.05, 4.69) is 42.1 Å². The summed E-state index contributed by atoms with van der Waals surface area (Å²) in [7, 11) is 0. The van der Waals surface area contributed by atoms with Gasteiger partial charge in [0.1, 0.15) is 0 Å². The number of nitrogens with zero attached hydrogens (tertiary/aromatic N) is 2. The van der Waals surface area contributed by atoms with Gasteiger partial charge in [0.15, 0.2) is 5.16 Å². The van der Waals surface area contributed by atoms with E-state index in [0.29, 0.717) is 0 Å². The lowest BCUT2D eigenvalue weighted by molar-refractivity contribution is 0.422. The second-order valence-electron chi connectivity index (χ2n) is 5.94. The van der Waals surface area contributed by atoms with E-state index in [4.69, 9.17) is 11.6 Å². The van der Waals surface area contributed by atoms with Crippen molar-refractivity contribution in [1.82, 2.24) is 15.3 Å². The first-order chi connectivity index (χ1) is 9.83. The van der Waals surface area contributed by atoms with Crippen molar-refractivity contribution in [2.45, 2.75) is 49.8 Å². The third-order valence-electron chi connectivity index (χ3n) is 2.81. The maximum Gasteiger partial charge on any atom is 0.192 e. The van der Waals surface area contributed by atoms with Crippen molar-refractivity contribution in [2.75, 3.05) is 0 Å². The minimum atomic E-state index is 0.0708. The first kappa shape index (κ1) is 16.3. The van der Waals surface area contributed by atoms with Gasteiger partial charge in [-0.15, -0.1) is 0 Å². The number of nitrogens with one attached hydrogen (secondary N) is 1. The molecule has 0 saturated carbocycles. The van der Waals surface area contributed by atoms with Gasteiger partial charge in [-0.3, -0.25) is 0 Å². The average molecular weight is 322 g/mol. The highest BCUT2D eigenvalue weighted by molar-refractivity contribution is 7.99. The van der Waals surface area contributed by atoms with Gasteiger partial charge in [0.25, 0.3) is 0 Å². The summed E-state index contributed by atoms with van der Waals surface area (Å²) in [4.78, 5) is 9.83. The van der Waals surface area contributed by atoms with Crippen LogP contribution >= 0.6 is 23.4 Å². The fraction of sp³-hybridized carbons (Fsp3) is 0.375. The van der Waals surface area contributed by atoms with E-state index >= 15 is 0 Å². The lowest BCUT2D eigenvalue weighted by Crippen LogP contribution is -2.35. The van der Waals surface area contributed by atoms with E-state index in [0.717, 1.165) is 27.3 Å². The van der Waals surface area contributed by atoms with Crippen LogP contribution < -0.4 is 5.32 Å². The second kappa shape index (κ2) is 6.77. The Morgan fingerprint density at radius 2 is 2.00 bits per heavy atom. The van der Waals surface area contributed by atoms with Crippen LogP contribution in [0.2, 0.25) is 5.02 Å². The maximum absolute atomic E-state index is 6.13. The fourth-order valence-electron chi connectivity index (χ4n) is 1.70. The fourth-order valence-corrected chi connectivity index (χ4v) is 2.90. The summed E-state index contributed by atoms with van der Waals surface area (Å²) in [6.07, 6.45) is 1.78. The molecule has 0 aliphatic rings. The van der Waals surface area contributed by atoms with Crippen LogP contribution in [0.25, 0.3) is 0 Å². The van der Waals surface area contributed by atoms with Crippen LogP contribution in [0.5, 0.6) is 0 Å². The van der Waals surface area contributed by atoms with Gasteiger partial charge in [-0.1, -0.05) is 17.7 Å².